The van der Waals surface area contributed by atoms with Crippen LogP contribution >= 0.6 is 0 Å². The smallest absolute Gasteiger partial charge is 0.231 e. The molecule has 0 radical (unpaired) electrons. The van der Waals surface area contributed by atoms with E-state index in [9.17, 15) is 5.11 Å². The summed E-state index contributed by atoms with van der Waals surface area (Å²) in [5.41, 5.74) is 6.00. The van der Waals surface area contributed by atoms with Crippen molar-refractivity contribution in [1.82, 2.24) is 0 Å². The Balaban J connectivity index is 2.39. The first-order valence-electron chi connectivity index (χ1n) is 4.31. The maximum Gasteiger partial charge on any atom is 0.231 e. The molecule has 0 saturated heterocycles. The molecular weight excluding hydrogens is 182 g/mol. The van der Waals surface area contributed by atoms with Gasteiger partial charge in [0.2, 0.25) is 12.5 Å². The number of benzene rings is 1. The molecule has 3 N–H and O–H groups in total. The Labute approximate surface area is 81.6 Å². The van der Waals surface area contributed by atoms with Gasteiger partial charge in [-0.1, -0.05) is 12.2 Å². The zero-order valence-electron chi connectivity index (χ0n) is 7.56. The van der Waals surface area contributed by atoms with Crippen LogP contribution in [-0.2, 0) is 0 Å². The van der Waals surface area contributed by atoms with Gasteiger partial charge in [-0.15, -0.1) is 0 Å². The van der Waals surface area contributed by atoms with E-state index in [0.717, 1.165) is 0 Å². The van der Waals surface area contributed by atoms with Gasteiger partial charge in [-0.3, -0.25) is 0 Å². The third-order valence-electron chi connectivity index (χ3n) is 1.98. The Kier molecular flexibility index (Phi) is 2.28. The lowest BCUT2D eigenvalue weighted by Gasteiger charge is -2.02. The fourth-order valence-corrected chi connectivity index (χ4v) is 1.30. The molecular formula is C10H11NO3. The van der Waals surface area contributed by atoms with Gasteiger partial charge in [-0.25, -0.2) is 0 Å². The number of phenolic OH excluding ortho intramolecular Hbond substituents is 1. The molecule has 4 heteroatoms. The maximum absolute atomic E-state index is 9.74. The van der Waals surface area contributed by atoms with Crippen LogP contribution in [0.15, 0.2) is 18.2 Å². The summed E-state index contributed by atoms with van der Waals surface area (Å²) in [6.07, 6.45) is 3.51. The summed E-state index contributed by atoms with van der Waals surface area (Å²) < 4.78 is 10.2. The highest BCUT2D eigenvalue weighted by molar-refractivity contribution is 5.66. The van der Waals surface area contributed by atoms with E-state index in [4.69, 9.17) is 15.2 Å². The molecule has 0 unspecified atom stereocenters. The molecule has 2 rings (SSSR count). The van der Waals surface area contributed by atoms with Gasteiger partial charge in [-0.05, 0) is 12.1 Å². The van der Waals surface area contributed by atoms with Crippen molar-refractivity contribution in [2.45, 2.75) is 0 Å². The van der Waals surface area contributed by atoms with Crippen LogP contribution in [0.5, 0.6) is 17.2 Å². The molecule has 0 atom stereocenters. The van der Waals surface area contributed by atoms with E-state index in [2.05, 4.69) is 0 Å². The molecule has 0 amide bonds. The SMILES string of the molecule is NC/C=C/c1ccc2c(c1O)OCO2. The van der Waals surface area contributed by atoms with Crippen molar-refractivity contribution in [2.75, 3.05) is 13.3 Å². The predicted octanol–water partition coefficient (Wildman–Crippen LogP) is 1.09. The van der Waals surface area contributed by atoms with Gasteiger partial charge in [0.25, 0.3) is 0 Å². The van der Waals surface area contributed by atoms with Gasteiger partial charge in [0, 0.05) is 12.1 Å². The minimum atomic E-state index is 0.102. The summed E-state index contributed by atoms with van der Waals surface area (Å²) >= 11 is 0. The van der Waals surface area contributed by atoms with Crippen LogP contribution < -0.4 is 15.2 Å². The standard InChI is InChI=1S/C10H11NO3/c11-5-1-2-7-3-4-8-10(9(7)12)14-6-13-8/h1-4,12H,5-6,11H2/b2-1+. The second-order valence-corrected chi connectivity index (χ2v) is 2.88. The first kappa shape index (κ1) is 8.90. The zero-order valence-corrected chi connectivity index (χ0v) is 7.56. The van der Waals surface area contributed by atoms with Crippen molar-refractivity contribution in [1.29, 1.82) is 0 Å². The molecule has 1 aromatic rings. The summed E-state index contributed by atoms with van der Waals surface area (Å²) in [5, 5.41) is 9.74. The normalized spacial score (nSPS) is 13.8. The van der Waals surface area contributed by atoms with Crippen LogP contribution in [0.1, 0.15) is 5.56 Å². The zero-order chi connectivity index (χ0) is 9.97. The van der Waals surface area contributed by atoms with Crippen LogP contribution in [0, 0.1) is 0 Å². The molecule has 0 spiro atoms. The van der Waals surface area contributed by atoms with Crippen LogP contribution in [0.25, 0.3) is 6.08 Å². The third-order valence-corrected chi connectivity index (χ3v) is 1.98. The highest BCUT2D eigenvalue weighted by Gasteiger charge is 2.19. The number of hydrogen-bond donors (Lipinski definition) is 2. The van der Waals surface area contributed by atoms with Crippen LogP contribution in [0.3, 0.4) is 0 Å². The lowest BCUT2D eigenvalue weighted by Crippen LogP contribution is -1.93. The van der Waals surface area contributed by atoms with Gasteiger partial charge in [0.05, 0.1) is 0 Å². The first-order valence-corrected chi connectivity index (χ1v) is 4.31. The molecule has 4 nitrogen and oxygen atoms in total. The average molecular weight is 193 g/mol. The predicted molar refractivity (Wildman–Crippen MR) is 52.3 cm³/mol. The summed E-state index contributed by atoms with van der Waals surface area (Å²) in [6, 6.07) is 3.52. The summed E-state index contributed by atoms with van der Waals surface area (Å²) in [7, 11) is 0. The largest absolute Gasteiger partial charge is 0.504 e. The molecule has 1 aromatic carbocycles. The molecule has 0 aromatic heterocycles. The molecule has 1 aliphatic heterocycles. The van der Waals surface area contributed by atoms with E-state index >= 15 is 0 Å². The van der Waals surface area contributed by atoms with E-state index in [1.54, 1.807) is 24.3 Å². The molecule has 14 heavy (non-hydrogen) atoms. The molecule has 0 aliphatic carbocycles. The number of fused-ring (bicyclic) bond motifs is 1. The number of hydrogen-bond acceptors (Lipinski definition) is 4. The lowest BCUT2D eigenvalue weighted by atomic mass is 10.1. The summed E-state index contributed by atoms with van der Waals surface area (Å²) in [5.74, 6) is 1.08. The number of phenols is 1. The van der Waals surface area contributed by atoms with E-state index < -0.39 is 0 Å². The fourth-order valence-electron chi connectivity index (χ4n) is 1.30. The van der Waals surface area contributed by atoms with E-state index in [1.807, 2.05) is 0 Å². The fraction of sp³-hybridized carbons (Fsp3) is 0.200. The second kappa shape index (κ2) is 3.59. The van der Waals surface area contributed by atoms with E-state index in [1.165, 1.54) is 0 Å². The Bertz CT molecular complexity index is 374. The Morgan fingerprint density at radius 1 is 1.43 bits per heavy atom. The average Bonchev–Trinajstić information content (AvgIpc) is 2.66. The van der Waals surface area contributed by atoms with Crippen molar-refractivity contribution in [3.05, 3.63) is 23.8 Å². The van der Waals surface area contributed by atoms with Crippen LogP contribution in [0.2, 0.25) is 0 Å². The Morgan fingerprint density at radius 2 is 2.29 bits per heavy atom. The molecule has 1 heterocycles. The number of aromatic hydroxyl groups is 1. The minimum absolute atomic E-state index is 0.102. The van der Waals surface area contributed by atoms with E-state index in [-0.39, 0.29) is 12.5 Å². The molecule has 0 bridgehead atoms. The lowest BCUT2D eigenvalue weighted by molar-refractivity contribution is 0.171. The van der Waals surface area contributed by atoms with Gasteiger partial charge in [0.15, 0.2) is 11.5 Å². The third kappa shape index (κ3) is 1.40. The maximum atomic E-state index is 9.74. The molecule has 0 saturated carbocycles. The summed E-state index contributed by atoms with van der Waals surface area (Å²) in [4.78, 5) is 0. The molecule has 0 fully saturated rings. The summed E-state index contributed by atoms with van der Waals surface area (Å²) in [6.45, 7) is 0.598. The first-order chi connectivity index (χ1) is 6.83. The molecule has 1 aliphatic rings. The number of nitrogens with two attached hydrogens (primary N) is 1. The van der Waals surface area contributed by atoms with Crippen LogP contribution in [-0.4, -0.2) is 18.4 Å². The van der Waals surface area contributed by atoms with E-state index in [0.29, 0.717) is 23.6 Å². The topological polar surface area (TPSA) is 64.7 Å². The van der Waals surface area contributed by atoms with Gasteiger partial charge >= 0.3 is 0 Å². The van der Waals surface area contributed by atoms with Crippen molar-refractivity contribution < 1.29 is 14.6 Å². The Morgan fingerprint density at radius 3 is 3.07 bits per heavy atom. The van der Waals surface area contributed by atoms with Crippen molar-refractivity contribution in [3.63, 3.8) is 0 Å². The highest BCUT2D eigenvalue weighted by atomic mass is 16.7. The van der Waals surface area contributed by atoms with Crippen molar-refractivity contribution >= 4 is 6.08 Å². The monoisotopic (exact) mass is 193 g/mol. The van der Waals surface area contributed by atoms with Crippen molar-refractivity contribution in [2.24, 2.45) is 5.73 Å². The second-order valence-electron chi connectivity index (χ2n) is 2.88. The van der Waals surface area contributed by atoms with Crippen molar-refractivity contribution in [3.8, 4) is 17.2 Å². The quantitative estimate of drug-likeness (QED) is 0.738. The van der Waals surface area contributed by atoms with Crippen LogP contribution in [0.4, 0.5) is 0 Å². The molecule has 74 valence electrons. The minimum Gasteiger partial charge on any atom is -0.504 e. The number of rotatable bonds is 2. The van der Waals surface area contributed by atoms with Gasteiger partial charge in [-0.2, -0.15) is 0 Å². The highest BCUT2D eigenvalue weighted by Crippen LogP contribution is 2.42. The Hall–Kier alpha value is -1.68. The number of ether oxygens (including phenoxy) is 2. The van der Waals surface area contributed by atoms with Gasteiger partial charge < -0.3 is 20.3 Å². The van der Waals surface area contributed by atoms with Gasteiger partial charge in [0.1, 0.15) is 0 Å².